The number of carbonyl (C=O) groups is 1. The Labute approximate surface area is 99.4 Å². The number of hydrogen-bond acceptors (Lipinski definition) is 5. The highest BCUT2D eigenvalue weighted by molar-refractivity contribution is 5.36. The lowest BCUT2D eigenvalue weighted by Crippen LogP contribution is -1.87. The van der Waals surface area contributed by atoms with Gasteiger partial charge in [-0.1, -0.05) is 30.3 Å². The zero-order chi connectivity index (χ0) is 12.3. The first kappa shape index (κ1) is 12.9. The maximum absolute atomic E-state index is 9.18. The lowest BCUT2D eigenvalue weighted by molar-refractivity contribution is -0.128. The van der Waals surface area contributed by atoms with E-state index in [0.717, 1.165) is 0 Å². The Kier molecular flexibility index (Phi) is 6.10. The van der Waals surface area contributed by atoms with Crippen LogP contribution in [0.1, 0.15) is 18.4 Å². The third-order valence-corrected chi connectivity index (χ3v) is 1.84. The van der Waals surface area contributed by atoms with Gasteiger partial charge in [-0.2, -0.15) is 0 Å². The van der Waals surface area contributed by atoms with E-state index in [9.17, 15) is 4.79 Å². The van der Waals surface area contributed by atoms with Gasteiger partial charge in [0.2, 0.25) is 12.3 Å². The van der Waals surface area contributed by atoms with Crippen LogP contribution in [0.2, 0.25) is 0 Å². The fourth-order valence-corrected chi connectivity index (χ4v) is 1.11. The van der Waals surface area contributed by atoms with E-state index in [-0.39, 0.29) is 0 Å². The summed E-state index contributed by atoms with van der Waals surface area (Å²) in [5.74, 6) is 0.654. The van der Waals surface area contributed by atoms with E-state index in [0.29, 0.717) is 25.4 Å². The number of carbonyl (C=O) groups excluding carboxylic acids is 1. The van der Waals surface area contributed by atoms with Crippen LogP contribution < -0.4 is 0 Å². The van der Waals surface area contributed by atoms with Crippen molar-refractivity contribution < 1.29 is 13.9 Å². The number of ether oxygens (including phenoxy) is 1. The summed E-state index contributed by atoms with van der Waals surface area (Å²) < 4.78 is 9.17. The number of aromatic nitrogens is 2. The largest absolute Gasteiger partial charge is 0.468 e. The average Bonchev–Trinajstić information content (AvgIpc) is 2.85. The van der Waals surface area contributed by atoms with Crippen molar-refractivity contribution in [3.63, 3.8) is 0 Å². The zero-order valence-electron chi connectivity index (χ0n) is 9.57. The molecule has 0 saturated heterocycles. The van der Waals surface area contributed by atoms with Crippen LogP contribution in [0, 0.1) is 0 Å². The first-order valence-corrected chi connectivity index (χ1v) is 5.21. The lowest BCUT2D eigenvalue weighted by Gasteiger charge is -1.93. The highest BCUT2D eigenvalue weighted by atomic mass is 16.5. The molecule has 0 fully saturated rings. The van der Waals surface area contributed by atoms with Gasteiger partial charge in [0.15, 0.2) is 0 Å². The van der Waals surface area contributed by atoms with Crippen molar-refractivity contribution in [3.05, 3.63) is 48.2 Å². The van der Waals surface area contributed by atoms with Gasteiger partial charge in [0.1, 0.15) is 0 Å². The zero-order valence-corrected chi connectivity index (χ0v) is 9.57. The third kappa shape index (κ3) is 5.46. The summed E-state index contributed by atoms with van der Waals surface area (Å²) in [6.07, 6.45) is 2.05. The molecule has 0 N–H and O–H groups in total. The molecule has 0 aliphatic heterocycles. The van der Waals surface area contributed by atoms with Gasteiger partial charge in [0.05, 0.1) is 13.0 Å². The van der Waals surface area contributed by atoms with Gasteiger partial charge in [-0.3, -0.25) is 4.79 Å². The fraction of sp³-hybridized carbons (Fsp3) is 0.250. The topological polar surface area (TPSA) is 65.2 Å². The van der Waals surface area contributed by atoms with Gasteiger partial charge in [-0.15, -0.1) is 10.2 Å². The Morgan fingerprint density at radius 3 is 2.59 bits per heavy atom. The molecule has 0 radical (unpaired) electrons. The SMILES string of the molecule is CCOC=O.c1ccc(Cc2nnco2)cc1. The third-order valence-electron chi connectivity index (χ3n) is 1.84. The Morgan fingerprint density at radius 2 is 2.12 bits per heavy atom. The predicted molar refractivity (Wildman–Crippen MR) is 61.2 cm³/mol. The summed E-state index contributed by atoms with van der Waals surface area (Å²) >= 11 is 0. The van der Waals surface area contributed by atoms with E-state index in [1.807, 2.05) is 30.3 Å². The standard InChI is InChI=1S/C9H8N2O.C3H6O2/c1-2-4-8(5-3-1)6-9-11-10-7-12-9;1-2-5-3-4/h1-5,7H,6H2;3H,2H2,1H3. The van der Waals surface area contributed by atoms with E-state index in [1.165, 1.54) is 12.0 Å². The van der Waals surface area contributed by atoms with Crippen molar-refractivity contribution in [1.29, 1.82) is 0 Å². The monoisotopic (exact) mass is 234 g/mol. The van der Waals surface area contributed by atoms with Gasteiger partial charge in [0.25, 0.3) is 6.47 Å². The van der Waals surface area contributed by atoms with E-state index >= 15 is 0 Å². The molecule has 0 aliphatic carbocycles. The highest BCUT2D eigenvalue weighted by Crippen LogP contribution is 2.04. The second-order valence-electron chi connectivity index (χ2n) is 3.05. The first-order chi connectivity index (χ1) is 8.36. The molecule has 2 rings (SSSR count). The summed E-state index contributed by atoms with van der Waals surface area (Å²) in [4.78, 5) is 9.18. The van der Waals surface area contributed by atoms with Gasteiger partial charge in [0, 0.05) is 0 Å². The van der Waals surface area contributed by atoms with Gasteiger partial charge in [-0.25, -0.2) is 0 Å². The van der Waals surface area contributed by atoms with Crippen molar-refractivity contribution in [2.24, 2.45) is 0 Å². The van der Waals surface area contributed by atoms with Crippen molar-refractivity contribution in [2.45, 2.75) is 13.3 Å². The molecular weight excluding hydrogens is 220 g/mol. The smallest absolute Gasteiger partial charge is 0.293 e. The predicted octanol–water partition coefficient (Wildman–Crippen LogP) is 1.84. The maximum atomic E-state index is 9.18. The van der Waals surface area contributed by atoms with Crippen LogP contribution in [-0.2, 0) is 16.0 Å². The van der Waals surface area contributed by atoms with E-state index < -0.39 is 0 Å². The molecule has 1 aromatic heterocycles. The van der Waals surface area contributed by atoms with E-state index in [2.05, 4.69) is 14.9 Å². The van der Waals surface area contributed by atoms with Crippen molar-refractivity contribution in [3.8, 4) is 0 Å². The number of rotatable bonds is 4. The summed E-state index contributed by atoms with van der Waals surface area (Å²) in [6.45, 7) is 2.66. The van der Waals surface area contributed by atoms with Crippen LogP contribution in [0.4, 0.5) is 0 Å². The molecule has 0 saturated carbocycles. The van der Waals surface area contributed by atoms with Crippen molar-refractivity contribution in [2.75, 3.05) is 6.61 Å². The molecule has 1 aromatic carbocycles. The Morgan fingerprint density at radius 1 is 1.35 bits per heavy atom. The molecule has 1 heterocycles. The molecule has 5 nitrogen and oxygen atoms in total. The molecule has 0 atom stereocenters. The van der Waals surface area contributed by atoms with Crippen LogP contribution in [0.3, 0.4) is 0 Å². The minimum absolute atomic E-state index is 0.431. The Bertz CT molecular complexity index is 401. The molecule has 0 amide bonds. The van der Waals surface area contributed by atoms with Gasteiger partial charge in [-0.05, 0) is 12.5 Å². The molecule has 17 heavy (non-hydrogen) atoms. The first-order valence-electron chi connectivity index (χ1n) is 5.21. The van der Waals surface area contributed by atoms with E-state index in [4.69, 9.17) is 4.42 Å². The molecule has 0 unspecified atom stereocenters. The van der Waals surface area contributed by atoms with Crippen LogP contribution in [0.25, 0.3) is 0 Å². The van der Waals surface area contributed by atoms with Crippen molar-refractivity contribution >= 4 is 6.47 Å². The van der Waals surface area contributed by atoms with Crippen molar-refractivity contribution in [1.82, 2.24) is 10.2 Å². The quantitative estimate of drug-likeness (QED) is 0.755. The average molecular weight is 234 g/mol. The maximum Gasteiger partial charge on any atom is 0.293 e. The number of benzene rings is 1. The minimum Gasteiger partial charge on any atom is -0.468 e. The Balaban J connectivity index is 0.000000249. The Hall–Kier alpha value is -2.17. The van der Waals surface area contributed by atoms with Gasteiger partial charge >= 0.3 is 0 Å². The van der Waals surface area contributed by atoms with Crippen LogP contribution in [-0.4, -0.2) is 23.3 Å². The van der Waals surface area contributed by atoms with E-state index in [1.54, 1.807) is 6.92 Å². The summed E-state index contributed by atoms with van der Waals surface area (Å²) in [5, 5.41) is 7.40. The summed E-state index contributed by atoms with van der Waals surface area (Å²) in [6, 6.07) is 10.0. The van der Waals surface area contributed by atoms with Crippen LogP contribution in [0.15, 0.2) is 41.1 Å². The number of nitrogens with zero attached hydrogens (tertiary/aromatic N) is 2. The summed E-state index contributed by atoms with van der Waals surface area (Å²) in [5.41, 5.74) is 1.18. The van der Waals surface area contributed by atoms with Crippen LogP contribution >= 0.6 is 0 Å². The second-order valence-corrected chi connectivity index (χ2v) is 3.05. The minimum atomic E-state index is 0.431. The normalized spacial score (nSPS) is 9.00. The molecule has 5 heteroatoms. The van der Waals surface area contributed by atoms with Crippen LogP contribution in [0.5, 0.6) is 0 Å². The highest BCUT2D eigenvalue weighted by Gasteiger charge is 1.98. The summed E-state index contributed by atoms with van der Waals surface area (Å²) in [7, 11) is 0. The van der Waals surface area contributed by atoms with Gasteiger partial charge < -0.3 is 9.15 Å². The molecule has 2 aromatic rings. The molecule has 0 bridgehead atoms. The molecule has 0 spiro atoms. The molecule has 90 valence electrons. The lowest BCUT2D eigenvalue weighted by atomic mass is 10.2. The number of hydrogen-bond donors (Lipinski definition) is 0. The molecule has 0 aliphatic rings. The second kappa shape index (κ2) is 8.04. The fourth-order valence-electron chi connectivity index (χ4n) is 1.11. The molecular formula is C12H14N2O3.